The van der Waals surface area contributed by atoms with E-state index in [0.29, 0.717) is 0 Å². The van der Waals surface area contributed by atoms with Gasteiger partial charge in [0.2, 0.25) is 0 Å². The van der Waals surface area contributed by atoms with Gasteiger partial charge >= 0.3 is 0 Å². The van der Waals surface area contributed by atoms with Crippen LogP contribution < -0.4 is 21.3 Å². The average Bonchev–Trinajstić information content (AvgIpc) is 2.05. The Balaban J connectivity index is 2.00. The molecule has 0 aliphatic carbocycles. The average molecular weight is 176 g/mol. The highest BCUT2D eigenvalue weighted by atomic mass is 15.0. The van der Waals surface area contributed by atoms with Crippen LogP contribution in [-0.4, -0.2) is 52.4 Å². The molecule has 0 spiro atoms. The smallest absolute Gasteiger partial charge is 0.125 e. The van der Waals surface area contributed by atoms with Gasteiger partial charge in [0.15, 0.2) is 0 Å². The molecule has 1 aliphatic rings. The molecular weight excluding hydrogens is 152 g/mol. The lowest BCUT2D eigenvalue weighted by molar-refractivity contribution is -0.787. The second kappa shape index (κ2) is 7.49. The minimum atomic E-state index is 1.29. The summed E-state index contributed by atoms with van der Waals surface area (Å²) >= 11 is 0. The van der Waals surface area contributed by atoms with Gasteiger partial charge < -0.3 is 21.3 Å². The van der Waals surface area contributed by atoms with E-state index in [1.54, 1.807) is 0 Å². The Kier molecular flexibility index (Phi) is 6.19. The number of hydrogen-bond donors (Lipinski definition) is 4. The van der Waals surface area contributed by atoms with Gasteiger partial charge in [-0.15, -0.1) is 0 Å². The second-order valence-corrected chi connectivity index (χ2v) is 3.46. The fraction of sp³-hybridized carbons (Fsp3) is 1.00. The summed E-state index contributed by atoms with van der Waals surface area (Å²) < 4.78 is 0. The largest absolute Gasteiger partial charge is 0.337 e. The first-order valence-electron chi connectivity index (χ1n) is 5.27. The van der Waals surface area contributed by atoms with Crippen molar-refractivity contribution in [2.45, 2.75) is 0 Å². The first-order chi connectivity index (χ1) is 6.00. The zero-order chi connectivity index (χ0) is 8.49. The fourth-order valence-electron chi connectivity index (χ4n) is 1.52. The molecule has 0 aromatic carbocycles. The van der Waals surface area contributed by atoms with Crippen LogP contribution in [-0.2, 0) is 0 Å². The van der Waals surface area contributed by atoms with E-state index in [4.69, 9.17) is 0 Å². The van der Waals surface area contributed by atoms with Crippen molar-refractivity contribution < 1.29 is 21.3 Å². The van der Waals surface area contributed by atoms with Crippen LogP contribution in [0.2, 0.25) is 0 Å². The SMILES string of the molecule is C1C[NH2+]CC[NH2+]CC[NH2+]CC[NH2+]1. The Morgan fingerprint density at radius 3 is 0.667 bits per heavy atom. The van der Waals surface area contributed by atoms with E-state index in [9.17, 15) is 0 Å². The highest BCUT2D eigenvalue weighted by Crippen LogP contribution is 1.40. The van der Waals surface area contributed by atoms with Crippen molar-refractivity contribution in [2.75, 3.05) is 52.4 Å². The molecule has 4 nitrogen and oxygen atoms in total. The fourth-order valence-corrected chi connectivity index (χ4v) is 1.52. The molecule has 1 fully saturated rings. The molecule has 0 bridgehead atoms. The maximum absolute atomic E-state index is 2.43. The van der Waals surface area contributed by atoms with Gasteiger partial charge in [-0.2, -0.15) is 0 Å². The first-order valence-corrected chi connectivity index (χ1v) is 5.27. The monoisotopic (exact) mass is 176 g/mol. The minimum absolute atomic E-state index is 1.29. The molecule has 0 radical (unpaired) electrons. The summed E-state index contributed by atoms with van der Waals surface area (Å²) in [6.07, 6.45) is 0. The molecule has 1 rings (SSSR count). The van der Waals surface area contributed by atoms with E-state index >= 15 is 0 Å². The Hall–Kier alpha value is -0.160. The molecule has 72 valence electrons. The van der Waals surface area contributed by atoms with E-state index < -0.39 is 0 Å². The van der Waals surface area contributed by atoms with E-state index in [0.717, 1.165) is 0 Å². The standard InChI is InChI=1S/C8H20N4/c1-2-10-5-6-12-8-7-11-4-3-9-1/h9-12H,1-8H2/p+4. The number of rotatable bonds is 0. The zero-order valence-corrected chi connectivity index (χ0v) is 7.97. The van der Waals surface area contributed by atoms with E-state index in [1.165, 1.54) is 52.4 Å². The van der Waals surface area contributed by atoms with Crippen molar-refractivity contribution in [3.63, 3.8) is 0 Å². The van der Waals surface area contributed by atoms with Gasteiger partial charge in [-0.25, -0.2) is 0 Å². The third-order valence-electron chi connectivity index (χ3n) is 2.30. The minimum Gasteiger partial charge on any atom is -0.337 e. The van der Waals surface area contributed by atoms with Crippen LogP contribution in [0.3, 0.4) is 0 Å². The molecule has 1 aliphatic heterocycles. The van der Waals surface area contributed by atoms with E-state index in [1.807, 2.05) is 0 Å². The molecule has 0 unspecified atom stereocenters. The highest BCUT2D eigenvalue weighted by molar-refractivity contribution is 4.23. The molecular formula is C8H24N4+4. The summed E-state index contributed by atoms with van der Waals surface area (Å²) in [5, 5.41) is 9.72. The Morgan fingerprint density at radius 2 is 0.500 bits per heavy atom. The van der Waals surface area contributed by atoms with Crippen molar-refractivity contribution in [2.24, 2.45) is 0 Å². The lowest BCUT2D eigenvalue weighted by Gasteiger charge is -2.04. The molecule has 0 amide bonds. The molecule has 0 aromatic heterocycles. The van der Waals surface area contributed by atoms with E-state index in [2.05, 4.69) is 21.3 Å². The lowest BCUT2D eigenvalue weighted by atomic mass is 10.4. The molecule has 0 aromatic rings. The summed E-state index contributed by atoms with van der Waals surface area (Å²) in [7, 11) is 0. The van der Waals surface area contributed by atoms with Crippen LogP contribution in [0.4, 0.5) is 0 Å². The number of quaternary nitrogens is 4. The normalized spacial score (nSPS) is 24.0. The third kappa shape index (κ3) is 5.49. The van der Waals surface area contributed by atoms with Crippen molar-refractivity contribution in [1.82, 2.24) is 0 Å². The lowest BCUT2D eigenvalue weighted by Crippen LogP contribution is -3.04. The second-order valence-electron chi connectivity index (χ2n) is 3.46. The van der Waals surface area contributed by atoms with Crippen molar-refractivity contribution >= 4 is 0 Å². The van der Waals surface area contributed by atoms with Gasteiger partial charge in [-0.05, 0) is 0 Å². The Morgan fingerprint density at radius 1 is 0.333 bits per heavy atom. The van der Waals surface area contributed by atoms with Gasteiger partial charge in [-0.1, -0.05) is 0 Å². The Labute approximate surface area is 74.5 Å². The summed E-state index contributed by atoms with van der Waals surface area (Å²) in [5.74, 6) is 0. The van der Waals surface area contributed by atoms with Crippen LogP contribution in [0, 0.1) is 0 Å². The predicted molar refractivity (Wildman–Crippen MR) is 46.6 cm³/mol. The summed E-state index contributed by atoms with van der Waals surface area (Å²) in [6.45, 7) is 10.3. The summed E-state index contributed by atoms with van der Waals surface area (Å²) in [4.78, 5) is 0. The van der Waals surface area contributed by atoms with Gasteiger partial charge in [0.25, 0.3) is 0 Å². The van der Waals surface area contributed by atoms with Gasteiger partial charge in [-0.3, -0.25) is 0 Å². The third-order valence-corrected chi connectivity index (χ3v) is 2.30. The molecule has 12 heavy (non-hydrogen) atoms. The van der Waals surface area contributed by atoms with Crippen LogP contribution in [0.1, 0.15) is 0 Å². The summed E-state index contributed by atoms with van der Waals surface area (Å²) in [5.41, 5.74) is 0. The van der Waals surface area contributed by atoms with Crippen LogP contribution in [0.25, 0.3) is 0 Å². The van der Waals surface area contributed by atoms with Crippen molar-refractivity contribution in [3.05, 3.63) is 0 Å². The molecule has 0 atom stereocenters. The van der Waals surface area contributed by atoms with Gasteiger partial charge in [0, 0.05) is 0 Å². The van der Waals surface area contributed by atoms with Crippen LogP contribution >= 0.6 is 0 Å². The highest BCUT2D eigenvalue weighted by Gasteiger charge is 2.00. The molecule has 1 saturated heterocycles. The van der Waals surface area contributed by atoms with Crippen molar-refractivity contribution in [3.8, 4) is 0 Å². The summed E-state index contributed by atoms with van der Waals surface area (Å²) in [6, 6.07) is 0. The van der Waals surface area contributed by atoms with E-state index in [-0.39, 0.29) is 0 Å². The molecule has 8 N–H and O–H groups in total. The number of nitrogens with two attached hydrogens (primary N) is 4. The maximum Gasteiger partial charge on any atom is 0.125 e. The van der Waals surface area contributed by atoms with Gasteiger partial charge in [0.1, 0.15) is 52.4 Å². The molecule has 0 saturated carbocycles. The van der Waals surface area contributed by atoms with Crippen molar-refractivity contribution in [1.29, 1.82) is 0 Å². The topological polar surface area (TPSA) is 66.4 Å². The zero-order valence-electron chi connectivity index (χ0n) is 7.97. The Bertz CT molecular complexity index is 54.0. The molecule has 4 heteroatoms. The van der Waals surface area contributed by atoms with Gasteiger partial charge in [0.05, 0.1) is 0 Å². The quantitative estimate of drug-likeness (QED) is 0.284. The molecule has 1 heterocycles. The maximum atomic E-state index is 2.43. The van der Waals surface area contributed by atoms with Crippen LogP contribution in [0.5, 0.6) is 0 Å². The first kappa shape index (κ1) is 9.92. The number of hydrogen-bond acceptors (Lipinski definition) is 0. The predicted octanol–water partition coefficient (Wildman–Crippen LogP) is -5.75. The van der Waals surface area contributed by atoms with Crippen LogP contribution in [0.15, 0.2) is 0 Å².